The second-order valence-electron chi connectivity index (χ2n) is 5.10. The number of carbonyl (C=O) groups excluding carboxylic acids is 2. The Bertz CT molecular complexity index is 500. The molecule has 0 aliphatic carbocycles. The van der Waals surface area contributed by atoms with E-state index in [4.69, 9.17) is 4.42 Å². The number of hydrogen-bond donors (Lipinski definition) is 0. The van der Waals surface area contributed by atoms with E-state index in [1.807, 2.05) is 0 Å². The summed E-state index contributed by atoms with van der Waals surface area (Å²) in [5.41, 5.74) is 0. The molecule has 1 aromatic rings. The maximum Gasteiger partial charge on any atom is 0.307 e. The van der Waals surface area contributed by atoms with Crippen molar-refractivity contribution in [1.29, 1.82) is 0 Å². The van der Waals surface area contributed by atoms with E-state index in [2.05, 4.69) is 39.4 Å². The summed E-state index contributed by atoms with van der Waals surface area (Å²) in [7, 11) is 1.35. The summed E-state index contributed by atoms with van der Waals surface area (Å²) in [5.74, 6) is -0.268. The van der Waals surface area contributed by atoms with Crippen LogP contribution in [0.15, 0.2) is 21.2 Å². The fraction of sp³-hybridized carbons (Fsp3) is 0.625. The minimum absolute atomic E-state index is 0.176. The van der Waals surface area contributed by atoms with Gasteiger partial charge < -0.3 is 19.0 Å². The number of furan rings is 1. The lowest BCUT2D eigenvalue weighted by Crippen LogP contribution is -2.36. The number of halogens is 1. The first-order chi connectivity index (χ1) is 11.0. The fourth-order valence-corrected chi connectivity index (χ4v) is 2.56. The molecule has 6 nitrogen and oxygen atoms in total. The Balaban J connectivity index is 2.64. The van der Waals surface area contributed by atoms with Gasteiger partial charge in [0.05, 0.1) is 13.5 Å². The predicted octanol–water partition coefficient (Wildman–Crippen LogP) is 2.78. The Morgan fingerprint density at radius 1 is 1.17 bits per heavy atom. The second-order valence-corrected chi connectivity index (χ2v) is 5.88. The molecule has 1 rings (SSSR count). The zero-order valence-corrected chi connectivity index (χ0v) is 15.6. The number of esters is 1. The summed E-state index contributed by atoms with van der Waals surface area (Å²) < 4.78 is 10.5. The molecule has 0 N–H and O–H groups in total. The first kappa shape index (κ1) is 19.7. The zero-order chi connectivity index (χ0) is 17.2. The highest BCUT2D eigenvalue weighted by molar-refractivity contribution is 9.10. The highest BCUT2D eigenvalue weighted by Gasteiger charge is 2.20. The topological polar surface area (TPSA) is 63.0 Å². The minimum atomic E-state index is -0.327. The number of rotatable bonds is 10. The van der Waals surface area contributed by atoms with Crippen molar-refractivity contribution in [3.8, 4) is 0 Å². The summed E-state index contributed by atoms with van der Waals surface area (Å²) in [6, 6.07) is 3.31. The normalized spacial score (nSPS) is 10.8. The van der Waals surface area contributed by atoms with Crippen LogP contribution in [-0.4, -0.2) is 61.5 Å². The summed E-state index contributed by atoms with van der Waals surface area (Å²) >= 11 is 3.20. The fourth-order valence-electron chi connectivity index (χ4n) is 2.25. The molecule has 7 heteroatoms. The van der Waals surface area contributed by atoms with Gasteiger partial charge in [0.15, 0.2) is 10.4 Å². The summed E-state index contributed by atoms with van der Waals surface area (Å²) in [6.07, 6.45) is 1.02. The van der Waals surface area contributed by atoms with Gasteiger partial charge >= 0.3 is 5.97 Å². The number of carbonyl (C=O) groups is 2. The maximum atomic E-state index is 12.5. The lowest BCUT2D eigenvalue weighted by atomic mass is 10.2. The zero-order valence-electron chi connectivity index (χ0n) is 14.0. The predicted molar refractivity (Wildman–Crippen MR) is 91.3 cm³/mol. The standard InChI is InChI=1S/C16H25BrN2O4/c1-4-18(5-2)10-6-11-19(12-9-15(20)22-3)16(21)13-7-8-14(17)23-13/h7-8H,4-6,9-12H2,1-3H3. The summed E-state index contributed by atoms with van der Waals surface area (Å²) in [4.78, 5) is 27.8. The molecule has 0 aliphatic heterocycles. The summed E-state index contributed by atoms with van der Waals surface area (Å²) in [5, 5.41) is 0. The molecule has 130 valence electrons. The summed E-state index contributed by atoms with van der Waals surface area (Å²) in [6.45, 7) is 8.01. The average molecular weight is 389 g/mol. The molecule has 0 bridgehead atoms. The van der Waals surface area contributed by atoms with Crippen molar-refractivity contribution in [3.05, 3.63) is 22.6 Å². The van der Waals surface area contributed by atoms with Crippen molar-refractivity contribution in [1.82, 2.24) is 9.80 Å². The van der Waals surface area contributed by atoms with Crippen molar-refractivity contribution < 1.29 is 18.7 Å². The van der Waals surface area contributed by atoms with E-state index in [0.29, 0.717) is 17.8 Å². The quantitative estimate of drug-likeness (QED) is 0.576. The molecule has 0 fully saturated rings. The molecule has 0 saturated carbocycles. The largest absolute Gasteiger partial charge is 0.469 e. The van der Waals surface area contributed by atoms with Gasteiger partial charge in [-0.25, -0.2) is 0 Å². The third-order valence-corrected chi connectivity index (χ3v) is 4.11. The molecular formula is C16H25BrN2O4. The lowest BCUT2D eigenvalue weighted by Gasteiger charge is -2.23. The van der Waals surface area contributed by atoms with Gasteiger partial charge in [0.1, 0.15) is 0 Å². The molecule has 0 unspecified atom stereocenters. The van der Waals surface area contributed by atoms with Crippen LogP contribution in [0.3, 0.4) is 0 Å². The Morgan fingerprint density at radius 3 is 2.39 bits per heavy atom. The van der Waals surface area contributed by atoms with Crippen molar-refractivity contribution >= 4 is 27.8 Å². The van der Waals surface area contributed by atoms with Crippen LogP contribution in [0.4, 0.5) is 0 Å². The van der Waals surface area contributed by atoms with Crippen LogP contribution in [0.1, 0.15) is 37.2 Å². The number of ether oxygens (including phenoxy) is 1. The van der Waals surface area contributed by atoms with Gasteiger partial charge in [0.2, 0.25) is 0 Å². The van der Waals surface area contributed by atoms with Gasteiger partial charge in [-0.3, -0.25) is 9.59 Å². The molecule has 0 aliphatic rings. The molecule has 0 saturated heterocycles. The van der Waals surface area contributed by atoms with Crippen LogP contribution in [0.25, 0.3) is 0 Å². The Kier molecular flexibility index (Phi) is 8.94. The van der Waals surface area contributed by atoms with E-state index < -0.39 is 0 Å². The molecule has 1 aromatic heterocycles. The van der Waals surface area contributed by atoms with E-state index in [-0.39, 0.29) is 24.1 Å². The molecule has 0 radical (unpaired) electrons. The Hall–Kier alpha value is -1.34. The molecule has 1 heterocycles. The van der Waals surface area contributed by atoms with E-state index in [1.54, 1.807) is 17.0 Å². The second kappa shape index (κ2) is 10.4. The smallest absolute Gasteiger partial charge is 0.307 e. The van der Waals surface area contributed by atoms with Crippen LogP contribution in [0, 0.1) is 0 Å². The van der Waals surface area contributed by atoms with Crippen molar-refractivity contribution in [2.75, 3.05) is 39.8 Å². The Morgan fingerprint density at radius 2 is 1.87 bits per heavy atom. The molecular weight excluding hydrogens is 364 g/mol. The first-order valence-corrected chi connectivity index (χ1v) is 8.64. The van der Waals surface area contributed by atoms with Crippen LogP contribution in [0.2, 0.25) is 0 Å². The van der Waals surface area contributed by atoms with Gasteiger partial charge in [0.25, 0.3) is 5.91 Å². The van der Waals surface area contributed by atoms with Crippen LogP contribution in [-0.2, 0) is 9.53 Å². The van der Waals surface area contributed by atoms with Crippen molar-refractivity contribution in [2.45, 2.75) is 26.7 Å². The van der Waals surface area contributed by atoms with Gasteiger partial charge in [-0.05, 0) is 54.1 Å². The SMILES string of the molecule is CCN(CC)CCCN(CCC(=O)OC)C(=O)c1ccc(Br)o1. The molecule has 1 amide bonds. The first-order valence-electron chi connectivity index (χ1n) is 7.85. The number of nitrogens with zero attached hydrogens (tertiary/aromatic N) is 2. The van der Waals surface area contributed by atoms with Gasteiger partial charge in [-0.1, -0.05) is 13.8 Å². The Labute approximate surface area is 145 Å². The average Bonchev–Trinajstić information content (AvgIpc) is 2.99. The third kappa shape index (κ3) is 6.74. The van der Waals surface area contributed by atoms with E-state index in [9.17, 15) is 9.59 Å². The van der Waals surface area contributed by atoms with Crippen LogP contribution < -0.4 is 0 Å². The van der Waals surface area contributed by atoms with Gasteiger partial charge in [-0.2, -0.15) is 0 Å². The third-order valence-electron chi connectivity index (χ3n) is 3.68. The monoisotopic (exact) mass is 388 g/mol. The van der Waals surface area contributed by atoms with Crippen LogP contribution in [0.5, 0.6) is 0 Å². The van der Waals surface area contributed by atoms with Crippen LogP contribution >= 0.6 is 15.9 Å². The highest BCUT2D eigenvalue weighted by Crippen LogP contribution is 2.16. The molecule has 0 aromatic carbocycles. The van der Waals surface area contributed by atoms with E-state index in [1.165, 1.54) is 7.11 Å². The molecule has 23 heavy (non-hydrogen) atoms. The van der Waals surface area contributed by atoms with E-state index in [0.717, 1.165) is 26.1 Å². The highest BCUT2D eigenvalue weighted by atomic mass is 79.9. The van der Waals surface area contributed by atoms with Gasteiger partial charge in [-0.15, -0.1) is 0 Å². The maximum absolute atomic E-state index is 12.5. The van der Waals surface area contributed by atoms with E-state index >= 15 is 0 Å². The van der Waals surface area contributed by atoms with Crippen molar-refractivity contribution in [2.24, 2.45) is 0 Å². The number of hydrogen-bond acceptors (Lipinski definition) is 5. The number of methoxy groups -OCH3 is 1. The van der Waals surface area contributed by atoms with Gasteiger partial charge in [0, 0.05) is 13.1 Å². The lowest BCUT2D eigenvalue weighted by molar-refractivity contribution is -0.140. The van der Waals surface area contributed by atoms with Crippen molar-refractivity contribution in [3.63, 3.8) is 0 Å². The molecule has 0 atom stereocenters. The number of amides is 1. The molecule has 0 spiro atoms. The minimum Gasteiger partial charge on any atom is -0.469 e.